The Hall–Kier alpha value is -2.55. The summed E-state index contributed by atoms with van der Waals surface area (Å²) in [4.78, 5) is 15.8. The molecule has 2 N–H and O–H groups in total. The van der Waals surface area contributed by atoms with Gasteiger partial charge in [0, 0.05) is 10.9 Å². The molecule has 0 saturated carbocycles. The number of anilines is 2. The molecule has 0 bridgehead atoms. The number of nitrogens with zero attached hydrogens (tertiary/aromatic N) is 4. The van der Waals surface area contributed by atoms with Gasteiger partial charge in [-0.1, -0.05) is 65.9 Å². The number of hydrogen-bond donors (Lipinski definition) is 2. The summed E-state index contributed by atoms with van der Waals surface area (Å²) in [7, 11) is 0. The average Bonchev–Trinajstić information content (AvgIpc) is 3.14. The van der Waals surface area contributed by atoms with Crippen LogP contribution in [0, 0.1) is 6.92 Å². The van der Waals surface area contributed by atoms with Gasteiger partial charge in [0.05, 0.1) is 5.52 Å². The largest absolute Gasteiger partial charge is 0.307 e. The highest BCUT2D eigenvalue weighted by molar-refractivity contribution is 14.1. The van der Waals surface area contributed by atoms with Crippen LogP contribution in [0.4, 0.5) is 11.8 Å². The van der Waals surface area contributed by atoms with Gasteiger partial charge in [-0.15, -0.1) is 5.10 Å². The number of fused-ring (bicyclic) bond motifs is 1. The fourth-order valence-electron chi connectivity index (χ4n) is 2.84. The van der Waals surface area contributed by atoms with Crippen LogP contribution in [-0.2, 0) is 6.42 Å². The maximum atomic E-state index is 4.77. The van der Waals surface area contributed by atoms with Gasteiger partial charge in [-0.3, -0.25) is 5.10 Å². The van der Waals surface area contributed by atoms with Crippen LogP contribution >= 0.6 is 22.6 Å². The average molecular weight is 472 g/mol. The van der Waals surface area contributed by atoms with Crippen LogP contribution in [0.3, 0.4) is 0 Å². The molecule has 0 amide bonds. The molecule has 0 radical (unpaired) electrons. The molecule has 0 aliphatic heterocycles. The minimum Gasteiger partial charge on any atom is -0.307 e. The Morgan fingerprint density at radius 1 is 0.963 bits per heavy atom. The second-order valence-electron chi connectivity index (χ2n) is 5.79. The first-order valence-electron chi connectivity index (χ1n) is 8.63. The molecule has 4 rings (SSSR count). The summed E-state index contributed by atoms with van der Waals surface area (Å²) in [5.41, 5.74) is 3.15. The second kappa shape index (κ2) is 8.90. The zero-order valence-corrected chi connectivity index (χ0v) is 17.7. The lowest BCUT2D eigenvalue weighted by atomic mass is 10.0. The molecule has 0 saturated heterocycles. The highest BCUT2D eigenvalue weighted by atomic mass is 127. The quantitative estimate of drug-likeness (QED) is 0.320. The van der Waals surface area contributed by atoms with Crippen molar-refractivity contribution in [3.8, 4) is 11.4 Å². The normalized spacial score (nSPS) is 10.4. The molecule has 27 heavy (non-hydrogen) atoms. The van der Waals surface area contributed by atoms with E-state index in [1.165, 1.54) is 5.56 Å². The van der Waals surface area contributed by atoms with E-state index < -0.39 is 0 Å². The first-order chi connectivity index (χ1) is 13.2. The van der Waals surface area contributed by atoms with Crippen molar-refractivity contribution in [2.45, 2.75) is 20.3 Å². The van der Waals surface area contributed by atoms with Crippen molar-refractivity contribution in [2.24, 2.45) is 0 Å². The minimum absolute atomic E-state index is 0.496. The van der Waals surface area contributed by atoms with Crippen LogP contribution in [0.5, 0.6) is 0 Å². The molecule has 0 aliphatic rings. The lowest BCUT2D eigenvalue weighted by Gasteiger charge is -2.11. The number of halogens is 1. The van der Waals surface area contributed by atoms with Gasteiger partial charge in [0.1, 0.15) is 11.6 Å². The number of rotatable bonds is 4. The first kappa shape index (κ1) is 19.2. The minimum atomic E-state index is 0.496. The standard InChI is InChI=1S/C19H18N6.CH3I/c1-3-13-8-4-5-9-14(13)17-21-16-11-7-6-10-15(16)18(22-17)23-19-20-12(2)24-25-19;1-2/h4-11H,3H2,1-2H3,(H2,20,21,22,23,24,25);1H3. The van der Waals surface area contributed by atoms with Gasteiger partial charge in [-0.25, -0.2) is 9.97 Å². The van der Waals surface area contributed by atoms with Gasteiger partial charge < -0.3 is 5.32 Å². The molecule has 2 heterocycles. The number of alkyl halides is 1. The summed E-state index contributed by atoms with van der Waals surface area (Å²) < 4.78 is 0. The fraction of sp³-hybridized carbons (Fsp3) is 0.200. The highest BCUT2D eigenvalue weighted by Gasteiger charge is 2.13. The number of hydrogen-bond acceptors (Lipinski definition) is 5. The Bertz CT molecular complexity index is 1040. The molecular weight excluding hydrogens is 451 g/mol. The van der Waals surface area contributed by atoms with Crippen molar-refractivity contribution >= 4 is 45.3 Å². The molecule has 4 aromatic rings. The highest BCUT2D eigenvalue weighted by Crippen LogP contribution is 2.28. The number of aromatic nitrogens is 5. The van der Waals surface area contributed by atoms with Crippen LogP contribution in [0.1, 0.15) is 18.3 Å². The van der Waals surface area contributed by atoms with Crippen LogP contribution in [-0.4, -0.2) is 30.1 Å². The number of aryl methyl sites for hydroxylation is 2. The molecule has 0 spiro atoms. The maximum absolute atomic E-state index is 4.77. The van der Waals surface area contributed by atoms with E-state index in [0.717, 1.165) is 28.7 Å². The van der Waals surface area contributed by atoms with E-state index >= 15 is 0 Å². The van der Waals surface area contributed by atoms with Gasteiger partial charge in [0.2, 0.25) is 5.95 Å². The Labute approximate surface area is 172 Å². The molecule has 0 atom stereocenters. The molecule has 0 unspecified atom stereocenters. The van der Waals surface area contributed by atoms with Gasteiger partial charge in [-0.2, -0.15) is 4.98 Å². The molecule has 2 aromatic carbocycles. The third-order valence-corrected chi connectivity index (χ3v) is 4.07. The van der Waals surface area contributed by atoms with E-state index in [2.05, 4.69) is 62.1 Å². The predicted octanol–water partition coefficient (Wildman–Crippen LogP) is 5.08. The molecule has 2 aromatic heterocycles. The number of nitrogens with one attached hydrogen (secondary N) is 2. The van der Waals surface area contributed by atoms with Gasteiger partial charge in [0.25, 0.3) is 0 Å². The summed E-state index contributed by atoms with van der Waals surface area (Å²) >= 11 is 2.15. The van der Waals surface area contributed by atoms with E-state index in [1.54, 1.807) is 0 Å². The summed E-state index contributed by atoms with van der Waals surface area (Å²) in [5, 5.41) is 11.1. The van der Waals surface area contributed by atoms with Gasteiger partial charge >= 0.3 is 0 Å². The lowest BCUT2D eigenvalue weighted by molar-refractivity contribution is 1.04. The number of para-hydroxylation sites is 1. The van der Waals surface area contributed by atoms with Gasteiger partial charge in [0.15, 0.2) is 5.82 Å². The fourth-order valence-corrected chi connectivity index (χ4v) is 2.84. The molecule has 6 nitrogen and oxygen atoms in total. The van der Waals surface area contributed by atoms with Crippen LogP contribution in [0.25, 0.3) is 22.3 Å². The molecule has 138 valence electrons. The zero-order valence-electron chi connectivity index (χ0n) is 15.5. The summed E-state index contributed by atoms with van der Waals surface area (Å²) in [6, 6.07) is 16.2. The van der Waals surface area contributed by atoms with Crippen molar-refractivity contribution in [1.29, 1.82) is 0 Å². The Balaban J connectivity index is 0.00000102. The van der Waals surface area contributed by atoms with E-state index in [4.69, 9.17) is 9.97 Å². The van der Waals surface area contributed by atoms with E-state index in [-0.39, 0.29) is 0 Å². The predicted molar refractivity (Wildman–Crippen MR) is 119 cm³/mol. The lowest BCUT2D eigenvalue weighted by Crippen LogP contribution is -2.01. The Morgan fingerprint density at radius 2 is 1.70 bits per heavy atom. The molecule has 0 fully saturated rings. The van der Waals surface area contributed by atoms with Crippen molar-refractivity contribution in [3.05, 3.63) is 59.9 Å². The number of aromatic amines is 1. The van der Waals surface area contributed by atoms with Crippen LogP contribution in [0.15, 0.2) is 48.5 Å². The van der Waals surface area contributed by atoms with Crippen molar-refractivity contribution in [1.82, 2.24) is 25.1 Å². The van der Waals surface area contributed by atoms with Crippen LogP contribution in [0.2, 0.25) is 0 Å². The van der Waals surface area contributed by atoms with Crippen molar-refractivity contribution in [3.63, 3.8) is 0 Å². The summed E-state index contributed by atoms with van der Waals surface area (Å²) in [5.74, 6) is 2.64. The first-order valence-corrected chi connectivity index (χ1v) is 10.8. The monoisotopic (exact) mass is 472 g/mol. The van der Waals surface area contributed by atoms with E-state index in [9.17, 15) is 0 Å². The summed E-state index contributed by atoms with van der Waals surface area (Å²) in [6.45, 7) is 3.99. The molecular formula is C20H21IN6. The molecule has 0 aliphatic carbocycles. The Kier molecular flexibility index (Phi) is 6.33. The summed E-state index contributed by atoms with van der Waals surface area (Å²) in [6.07, 6.45) is 0.926. The zero-order chi connectivity index (χ0) is 19.2. The van der Waals surface area contributed by atoms with Crippen molar-refractivity contribution in [2.75, 3.05) is 10.2 Å². The number of H-pyrrole nitrogens is 1. The van der Waals surface area contributed by atoms with Crippen LogP contribution < -0.4 is 5.32 Å². The second-order valence-corrected chi connectivity index (χ2v) is 5.79. The molecule has 7 heteroatoms. The SMILES string of the molecule is CCc1ccccc1-c1nc(Nc2n[nH]c(C)n2)c2ccccc2n1.CI. The van der Waals surface area contributed by atoms with Crippen molar-refractivity contribution < 1.29 is 0 Å². The third-order valence-electron chi connectivity index (χ3n) is 4.07. The maximum Gasteiger partial charge on any atom is 0.247 e. The van der Waals surface area contributed by atoms with Gasteiger partial charge in [-0.05, 0) is 36.0 Å². The Morgan fingerprint density at radius 3 is 2.44 bits per heavy atom. The topological polar surface area (TPSA) is 79.4 Å². The smallest absolute Gasteiger partial charge is 0.247 e. The third kappa shape index (κ3) is 4.24. The van der Waals surface area contributed by atoms with E-state index in [1.807, 2.05) is 48.3 Å². The number of benzene rings is 2. The van der Waals surface area contributed by atoms with E-state index in [0.29, 0.717) is 17.6 Å².